The first-order valence-corrected chi connectivity index (χ1v) is 14.1. The van der Waals surface area contributed by atoms with Gasteiger partial charge in [-0.2, -0.15) is 0 Å². The number of benzene rings is 3. The maximum Gasteiger partial charge on any atom is 0.224 e. The Hall–Kier alpha value is -4.00. The molecule has 7 heteroatoms. The van der Waals surface area contributed by atoms with Crippen LogP contribution in [0.2, 0.25) is 0 Å². The number of hydrogen-bond acceptors (Lipinski definition) is 5. The number of imidazole rings is 1. The zero-order chi connectivity index (χ0) is 28.3. The van der Waals surface area contributed by atoms with E-state index < -0.39 is 0 Å². The molecule has 0 atom stereocenters. The van der Waals surface area contributed by atoms with E-state index in [-0.39, 0.29) is 5.91 Å². The number of nitrogens with zero attached hydrogens (tertiary/aromatic N) is 2. The number of rotatable bonds is 15. The van der Waals surface area contributed by atoms with Crippen molar-refractivity contribution in [1.82, 2.24) is 14.9 Å². The molecule has 0 saturated heterocycles. The molecule has 0 aliphatic carbocycles. The number of methoxy groups -OCH3 is 2. The summed E-state index contributed by atoms with van der Waals surface area (Å²) in [7, 11) is 3.20. The van der Waals surface area contributed by atoms with Gasteiger partial charge in [-0.1, -0.05) is 36.8 Å². The highest BCUT2D eigenvalue weighted by atomic mass is 16.5. The molecule has 0 bridgehead atoms. The maximum absolute atomic E-state index is 12.4. The van der Waals surface area contributed by atoms with Crippen LogP contribution in [0.15, 0.2) is 60.7 Å². The Morgan fingerprint density at radius 3 is 2.52 bits per heavy atom. The van der Waals surface area contributed by atoms with Gasteiger partial charge in [-0.3, -0.25) is 4.79 Å². The summed E-state index contributed by atoms with van der Waals surface area (Å²) in [5, 5.41) is 3.04. The molecule has 0 unspecified atom stereocenters. The van der Waals surface area contributed by atoms with Crippen LogP contribution < -0.4 is 19.5 Å². The first-order chi connectivity index (χ1) is 19.5. The number of carbonyl (C=O) groups is 1. The summed E-state index contributed by atoms with van der Waals surface area (Å²) in [5.74, 6) is 3.38. The van der Waals surface area contributed by atoms with Crippen LogP contribution in [0.4, 0.5) is 0 Å². The number of amides is 1. The Labute approximate surface area is 237 Å². The van der Waals surface area contributed by atoms with Crippen LogP contribution >= 0.6 is 0 Å². The lowest BCUT2D eigenvalue weighted by Crippen LogP contribution is -2.26. The number of hydrogen-bond donors (Lipinski definition) is 1. The molecule has 7 nitrogen and oxygen atoms in total. The van der Waals surface area contributed by atoms with Gasteiger partial charge in [0.15, 0.2) is 11.5 Å². The van der Waals surface area contributed by atoms with Gasteiger partial charge < -0.3 is 24.1 Å². The molecule has 40 heavy (non-hydrogen) atoms. The Bertz CT molecular complexity index is 1410. The van der Waals surface area contributed by atoms with Crippen molar-refractivity contribution < 1.29 is 19.0 Å². The van der Waals surface area contributed by atoms with Crippen molar-refractivity contribution in [2.45, 2.75) is 58.9 Å². The summed E-state index contributed by atoms with van der Waals surface area (Å²) in [6.45, 7) is 6.37. The van der Waals surface area contributed by atoms with Gasteiger partial charge in [0, 0.05) is 19.5 Å². The van der Waals surface area contributed by atoms with Gasteiger partial charge in [-0.25, -0.2) is 4.98 Å². The molecule has 0 aliphatic rings. The van der Waals surface area contributed by atoms with Crippen molar-refractivity contribution in [3.05, 3.63) is 83.2 Å². The Kier molecular flexibility index (Phi) is 10.4. The molecule has 1 amide bonds. The predicted molar refractivity (Wildman–Crippen MR) is 160 cm³/mol. The van der Waals surface area contributed by atoms with Crippen LogP contribution in [0.3, 0.4) is 0 Å². The summed E-state index contributed by atoms with van der Waals surface area (Å²) in [4.78, 5) is 17.3. The molecule has 4 rings (SSSR count). The average molecular weight is 544 g/mol. The van der Waals surface area contributed by atoms with E-state index in [1.54, 1.807) is 14.2 Å². The molecule has 4 aromatic rings. The smallest absolute Gasteiger partial charge is 0.224 e. The fraction of sp³-hybridized carbons (Fsp3) is 0.394. The summed E-state index contributed by atoms with van der Waals surface area (Å²) in [6, 6.07) is 20.2. The van der Waals surface area contributed by atoms with Gasteiger partial charge in [-0.05, 0) is 80.1 Å². The van der Waals surface area contributed by atoms with Gasteiger partial charge in [0.05, 0.1) is 38.3 Å². The summed E-state index contributed by atoms with van der Waals surface area (Å²) in [6.07, 6.45) is 5.11. The highest BCUT2D eigenvalue weighted by Gasteiger charge is 2.11. The largest absolute Gasteiger partial charge is 0.493 e. The van der Waals surface area contributed by atoms with Crippen LogP contribution in [-0.4, -0.2) is 42.8 Å². The predicted octanol–water partition coefficient (Wildman–Crippen LogP) is 6.21. The van der Waals surface area contributed by atoms with E-state index >= 15 is 0 Å². The number of carbonyl (C=O) groups excluding carboxylic acids is 1. The SMILES string of the molecule is COc1ccc(CC(=O)NCCCCCc2nc3ccccc3n2CCCOc2cc(C)ccc2C)cc1OC. The van der Waals surface area contributed by atoms with E-state index in [1.807, 2.05) is 24.3 Å². The fourth-order valence-corrected chi connectivity index (χ4v) is 4.88. The second-order valence-electron chi connectivity index (χ2n) is 10.2. The molecule has 212 valence electrons. The van der Waals surface area contributed by atoms with Gasteiger partial charge in [0.2, 0.25) is 5.91 Å². The van der Waals surface area contributed by atoms with Crippen LogP contribution in [-0.2, 0) is 24.2 Å². The van der Waals surface area contributed by atoms with E-state index in [0.717, 1.165) is 66.9 Å². The molecular formula is C33H41N3O4. The Morgan fingerprint density at radius 1 is 0.875 bits per heavy atom. The second kappa shape index (κ2) is 14.4. The number of nitrogens with one attached hydrogen (secondary N) is 1. The van der Waals surface area contributed by atoms with Crippen LogP contribution in [0.1, 0.15) is 48.2 Å². The zero-order valence-electron chi connectivity index (χ0n) is 24.2. The first kappa shape index (κ1) is 29.0. The summed E-state index contributed by atoms with van der Waals surface area (Å²) < 4.78 is 19.0. The van der Waals surface area contributed by atoms with E-state index in [9.17, 15) is 4.79 Å². The van der Waals surface area contributed by atoms with Crippen molar-refractivity contribution in [3.8, 4) is 17.2 Å². The number of aryl methyl sites for hydroxylation is 4. The molecular weight excluding hydrogens is 502 g/mol. The van der Waals surface area contributed by atoms with Crippen LogP contribution in [0.5, 0.6) is 17.2 Å². The minimum Gasteiger partial charge on any atom is -0.493 e. The van der Waals surface area contributed by atoms with Crippen LogP contribution in [0.25, 0.3) is 11.0 Å². The molecule has 1 aromatic heterocycles. The number of fused-ring (bicyclic) bond motifs is 1. The normalized spacial score (nSPS) is 11.0. The maximum atomic E-state index is 12.4. The van der Waals surface area contributed by atoms with E-state index in [1.165, 1.54) is 11.1 Å². The fourth-order valence-electron chi connectivity index (χ4n) is 4.88. The lowest BCUT2D eigenvalue weighted by molar-refractivity contribution is -0.120. The summed E-state index contributed by atoms with van der Waals surface area (Å²) in [5.41, 5.74) is 5.48. The molecule has 3 aromatic carbocycles. The third-order valence-electron chi connectivity index (χ3n) is 7.07. The number of aromatic nitrogens is 2. The number of para-hydroxylation sites is 2. The number of ether oxygens (including phenoxy) is 3. The Balaban J connectivity index is 1.22. The van der Waals surface area contributed by atoms with Crippen molar-refractivity contribution in [2.24, 2.45) is 0 Å². The quantitative estimate of drug-likeness (QED) is 0.180. The molecule has 0 radical (unpaired) electrons. The lowest BCUT2D eigenvalue weighted by Gasteiger charge is -2.12. The van der Waals surface area contributed by atoms with Crippen molar-refractivity contribution in [1.29, 1.82) is 0 Å². The van der Waals surface area contributed by atoms with Gasteiger partial charge >= 0.3 is 0 Å². The standard InChI is InChI=1S/C33H41N3O4/c1-24-14-15-25(2)30(21-24)40-20-10-19-36-28-12-8-7-11-27(28)35-32(36)13-6-5-9-18-34-33(37)23-26-16-17-29(38-3)31(22-26)39-4/h7-8,11-12,14-17,21-22H,5-6,9-10,13,18-20,23H2,1-4H3,(H,34,37). The molecule has 0 saturated carbocycles. The number of unbranched alkanes of at least 4 members (excludes halogenated alkanes) is 2. The van der Waals surface area contributed by atoms with E-state index in [4.69, 9.17) is 19.2 Å². The molecule has 1 heterocycles. The minimum atomic E-state index is 0.0112. The molecule has 1 N–H and O–H groups in total. The van der Waals surface area contributed by atoms with Gasteiger partial charge in [0.1, 0.15) is 11.6 Å². The third-order valence-corrected chi connectivity index (χ3v) is 7.07. The van der Waals surface area contributed by atoms with E-state index in [2.05, 4.69) is 60.1 Å². The van der Waals surface area contributed by atoms with Gasteiger partial charge in [0.25, 0.3) is 0 Å². The third kappa shape index (κ3) is 7.78. The van der Waals surface area contributed by atoms with Gasteiger partial charge in [-0.15, -0.1) is 0 Å². The van der Waals surface area contributed by atoms with E-state index in [0.29, 0.717) is 31.1 Å². The molecule has 0 fully saturated rings. The van der Waals surface area contributed by atoms with Crippen molar-refractivity contribution in [2.75, 3.05) is 27.4 Å². The lowest BCUT2D eigenvalue weighted by atomic mass is 10.1. The minimum absolute atomic E-state index is 0.0112. The molecule has 0 aliphatic heterocycles. The van der Waals surface area contributed by atoms with Crippen molar-refractivity contribution >= 4 is 16.9 Å². The topological polar surface area (TPSA) is 74.6 Å². The highest BCUT2D eigenvalue weighted by molar-refractivity contribution is 5.78. The van der Waals surface area contributed by atoms with Crippen molar-refractivity contribution in [3.63, 3.8) is 0 Å². The first-order valence-electron chi connectivity index (χ1n) is 14.1. The zero-order valence-corrected chi connectivity index (χ0v) is 24.2. The summed E-state index contributed by atoms with van der Waals surface area (Å²) >= 11 is 0. The average Bonchev–Trinajstić information content (AvgIpc) is 3.31. The Morgan fingerprint density at radius 2 is 1.70 bits per heavy atom. The molecule has 0 spiro atoms. The monoisotopic (exact) mass is 543 g/mol. The second-order valence-corrected chi connectivity index (χ2v) is 10.2. The van der Waals surface area contributed by atoms with Crippen LogP contribution in [0, 0.1) is 13.8 Å². The highest BCUT2D eigenvalue weighted by Crippen LogP contribution is 2.27.